The van der Waals surface area contributed by atoms with Gasteiger partial charge in [0.05, 0.1) is 4.88 Å². The van der Waals surface area contributed by atoms with Crippen LogP contribution in [0.15, 0.2) is 29.6 Å². The molecule has 0 aliphatic carbocycles. The molecule has 88 valence electrons. The standard InChI is InChI=1S/C14H13FOS/c1-3-10-6-7-17-14(10)13(16)12-8-11(15)5-4-9(12)2/h4-8H,3H2,1-2H3. The summed E-state index contributed by atoms with van der Waals surface area (Å²) in [5.74, 6) is -0.442. The molecule has 1 aromatic carbocycles. The summed E-state index contributed by atoms with van der Waals surface area (Å²) in [4.78, 5) is 13.0. The van der Waals surface area contributed by atoms with Gasteiger partial charge >= 0.3 is 0 Å². The Bertz CT molecular complexity index is 557. The van der Waals surface area contributed by atoms with Crippen molar-refractivity contribution in [2.45, 2.75) is 20.3 Å². The number of rotatable bonds is 3. The Hall–Kier alpha value is -1.48. The number of hydrogen-bond donors (Lipinski definition) is 0. The lowest BCUT2D eigenvalue weighted by Gasteiger charge is -2.05. The molecule has 0 radical (unpaired) electrons. The van der Waals surface area contributed by atoms with E-state index in [4.69, 9.17) is 0 Å². The van der Waals surface area contributed by atoms with Crippen LogP contribution in [0.1, 0.15) is 33.3 Å². The van der Waals surface area contributed by atoms with Gasteiger partial charge in [0.1, 0.15) is 5.82 Å². The van der Waals surface area contributed by atoms with Crippen LogP contribution in [0.2, 0.25) is 0 Å². The van der Waals surface area contributed by atoms with E-state index in [9.17, 15) is 9.18 Å². The van der Waals surface area contributed by atoms with Crippen molar-refractivity contribution in [2.24, 2.45) is 0 Å². The molecule has 2 rings (SSSR count). The molecule has 0 saturated heterocycles. The van der Waals surface area contributed by atoms with Crippen molar-refractivity contribution >= 4 is 17.1 Å². The molecule has 3 heteroatoms. The van der Waals surface area contributed by atoms with Gasteiger partial charge in [-0.15, -0.1) is 11.3 Å². The van der Waals surface area contributed by atoms with E-state index in [-0.39, 0.29) is 11.6 Å². The highest BCUT2D eigenvalue weighted by Gasteiger charge is 2.16. The summed E-state index contributed by atoms with van der Waals surface area (Å²) in [6, 6.07) is 6.28. The molecule has 1 nitrogen and oxygen atoms in total. The fourth-order valence-electron chi connectivity index (χ4n) is 1.77. The Labute approximate surface area is 104 Å². The molecule has 0 fully saturated rings. The first-order valence-corrected chi connectivity index (χ1v) is 6.38. The Morgan fingerprint density at radius 3 is 2.82 bits per heavy atom. The van der Waals surface area contributed by atoms with E-state index in [2.05, 4.69) is 0 Å². The van der Waals surface area contributed by atoms with Gasteiger partial charge in [0.15, 0.2) is 0 Å². The van der Waals surface area contributed by atoms with Crippen LogP contribution in [0.25, 0.3) is 0 Å². The van der Waals surface area contributed by atoms with Crippen molar-refractivity contribution in [3.63, 3.8) is 0 Å². The molecule has 0 atom stereocenters. The van der Waals surface area contributed by atoms with Crippen LogP contribution >= 0.6 is 11.3 Å². The van der Waals surface area contributed by atoms with Gasteiger partial charge in [0.25, 0.3) is 0 Å². The average Bonchev–Trinajstić information content (AvgIpc) is 2.79. The second kappa shape index (κ2) is 4.80. The number of halogens is 1. The van der Waals surface area contributed by atoms with Crippen LogP contribution < -0.4 is 0 Å². The second-order valence-corrected chi connectivity index (χ2v) is 4.83. The topological polar surface area (TPSA) is 17.1 Å². The molecular weight excluding hydrogens is 235 g/mol. The fraction of sp³-hybridized carbons (Fsp3) is 0.214. The van der Waals surface area contributed by atoms with Gasteiger partial charge in [-0.3, -0.25) is 4.79 Å². The fourth-order valence-corrected chi connectivity index (χ4v) is 2.72. The van der Waals surface area contributed by atoms with E-state index in [1.54, 1.807) is 6.07 Å². The molecule has 0 N–H and O–H groups in total. The van der Waals surface area contributed by atoms with Gasteiger partial charge in [-0.2, -0.15) is 0 Å². The molecule has 0 unspecified atom stereocenters. The van der Waals surface area contributed by atoms with Crippen LogP contribution in [0, 0.1) is 12.7 Å². The first kappa shape index (κ1) is 12.0. The van der Waals surface area contributed by atoms with Crippen molar-refractivity contribution in [2.75, 3.05) is 0 Å². The second-order valence-electron chi connectivity index (χ2n) is 3.92. The monoisotopic (exact) mass is 248 g/mol. The van der Waals surface area contributed by atoms with Crippen molar-refractivity contribution in [1.29, 1.82) is 0 Å². The molecule has 1 aromatic heterocycles. The van der Waals surface area contributed by atoms with Crippen molar-refractivity contribution in [1.82, 2.24) is 0 Å². The number of carbonyl (C=O) groups is 1. The van der Waals surface area contributed by atoms with Gasteiger partial charge in [-0.25, -0.2) is 4.39 Å². The van der Waals surface area contributed by atoms with E-state index >= 15 is 0 Å². The zero-order valence-electron chi connectivity index (χ0n) is 9.79. The predicted octanol–water partition coefficient (Wildman–Crippen LogP) is 3.99. The van der Waals surface area contributed by atoms with Gasteiger partial charge in [0, 0.05) is 5.56 Å². The predicted molar refractivity (Wildman–Crippen MR) is 68.3 cm³/mol. The molecule has 0 spiro atoms. The summed E-state index contributed by atoms with van der Waals surface area (Å²) in [7, 11) is 0. The first-order valence-electron chi connectivity index (χ1n) is 5.50. The van der Waals surface area contributed by atoms with Crippen LogP contribution in [-0.2, 0) is 6.42 Å². The largest absolute Gasteiger partial charge is 0.288 e. The third-order valence-electron chi connectivity index (χ3n) is 2.78. The number of hydrogen-bond acceptors (Lipinski definition) is 2. The van der Waals surface area contributed by atoms with E-state index in [0.717, 1.165) is 22.4 Å². The molecule has 0 aliphatic rings. The number of ketones is 1. The molecule has 2 aromatic rings. The van der Waals surface area contributed by atoms with Crippen LogP contribution in [0.4, 0.5) is 4.39 Å². The molecule has 0 bridgehead atoms. The van der Waals surface area contributed by atoms with Crippen molar-refractivity contribution < 1.29 is 9.18 Å². The van der Waals surface area contributed by atoms with E-state index in [1.165, 1.54) is 23.5 Å². The van der Waals surface area contributed by atoms with Crippen molar-refractivity contribution in [3.05, 3.63) is 57.0 Å². The molecule has 0 amide bonds. The number of aryl methyl sites for hydroxylation is 2. The number of carbonyl (C=O) groups excluding carboxylic acids is 1. The third-order valence-corrected chi connectivity index (χ3v) is 3.73. The summed E-state index contributed by atoms with van der Waals surface area (Å²) in [6.45, 7) is 3.84. The third kappa shape index (κ3) is 2.29. The lowest BCUT2D eigenvalue weighted by atomic mass is 10.0. The van der Waals surface area contributed by atoms with Gasteiger partial charge in [0.2, 0.25) is 5.78 Å². The van der Waals surface area contributed by atoms with Gasteiger partial charge in [-0.1, -0.05) is 13.0 Å². The molecule has 0 saturated carbocycles. The lowest BCUT2D eigenvalue weighted by Crippen LogP contribution is -2.04. The lowest BCUT2D eigenvalue weighted by molar-refractivity contribution is 0.104. The summed E-state index contributed by atoms with van der Waals surface area (Å²) < 4.78 is 13.2. The van der Waals surface area contributed by atoms with Gasteiger partial charge < -0.3 is 0 Å². The molecule has 1 heterocycles. The minimum atomic E-state index is -0.367. The van der Waals surface area contributed by atoms with Gasteiger partial charge in [-0.05, 0) is 48.1 Å². The zero-order valence-corrected chi connectivity index (χ0v) is 10.6. The smallest absolute Gasteiger partial charge is 0.203 e. The van der Waals surface area contributed by atoms with E-state index < -0.39 is 0 Å². The Morgan fingerprint density at radius 2 is 2.12 bits per heavy atom. The zero-order chi connectivity index (χ0) is 12.4. The highest BCUT2D eigenvalue weighted by molar-refractivity contribution is 7.12. The minimum absolute atomic E-state index is 0.0751. The number of benzene rings is 1. The average molecular weight is 248 g/mol. The SMILES string of the molecule is CCc1ccsc1C(=O)c1cc(F)ccc1C. The van der Waals surface area contributed by atoms with E-state index in [1.807, 2.05) is 25.3 Å². The van der Waals surface area contributed by atoms with Crippen LogP contribution in [-0.4, -0.2) is 5.78 Å². The van der Waals surface area contributed by atoms with E-state index in [0.29, 0.717) is 5.56 Å². The number of thiophene rings is 1. The van der Waals surface area contributed by atoms with Crippen LogP contribution in [0.5, 0.6) is 0 Å². The Morgan fingerprint density at radius 1 is 1.35 bits per heavy atom. The summed E-state index contributed by atoms with van der Waals surface area (Å²) in [5, 5.41) is 1.90. The van der Waals surface area contributed by atoms with Crippen LogP contribution in [0.3, 0.4) is 0 Å². The summed E-state index contributed by atoms with van der Waals surface area (Å²) in [6.07, 6.45) is 0.818. The normalized spacial score (nSPS) is 10.5. The maximum atomic E-state index is 13.2. The maximum Gasteiger partial charge on any atom is 0.203 e. The molecular formula is C14H13FOS. The highest BCUT2D eigenvalue weighted by atomic mass is 32.1. The Balaban J connectivity index is 2.47. The summed E-state index contributed by atoms with van der Waals surface area (Å²) in [5.41, 5.74) is 2.30. The summed E-state index contributed by atoms with van der Waals surface area (Å²) >= 11 is 1.42. The Kier molecular flexibility index (Phi) is 3.38. The minimum Gasteiger partial charge on any atom is -0.288 e. The van der Waals surface area contributed by atoms with Crippen molar-refractivity contribution in [3.8, 4) is 0 Å². The highest BCUT2D eigenvalue weighted by Crippen LogP contribution is 2.23. The first-order chi connectivity index (χ1) is 8.13. The maximum absolute atomic E-state index is 13.2. The molecule has 17 heavy (non-hydrogen) atoms. The quantitative estimate of drug-likeness (QED) is 0.751. The molecule has 0 aliphatic heterocycles.